The zero-order valence-corrected chi connectivity index (χ0v) is 17.7. The molecule has 168 valence electrons. The Morgan fingerprint density at radius 3 is 2.59 bits per heavy atom. The van der Waals surface area contributed by atoms with Crippen LogP contribution in [-0.4, -0.2) is 61.4 Å². The summed E-state index contributed by atoms with van der Waals surface area (Å²) in [5.41, 5.74) is 1.12. The topological polar surface area (TPSA) is 99.0 Å². The number of anilines is 3. The van der Waals surface area contributed by atoms with Gasteiger partial charge in [-0.2, -0.15) is 4.39 Å². The lowest BCUT2D eigenvalue weighted by Gasteiger charge is -2.35. The number of nitro groups is 1. The van der Waals surface area contributed by atoms with E-state index < -0.39 is 22.3 Å². The Bertz CT molecular complexity index is 1050. The molecule has 0 bridgehead atoms. The summed E-state index contributed by atoms with van der Waals surface area (Å²) < 4.78 is 13.6. The van der Waals surface area contributed by atoms with Crippen molar-refractivity contribution < 1.29 is 18.9 Å². The summed E-state index contributed by atoms with van der Waals surface area (Å²) in [5, 5.41) is 14.0. The highest BCUT2D eigenvalue weighted by molar-refractivity contribution is 6.04. The maximum atomic E-state index is 13.6. The molecule has 2 fully saturated rings. The van der Waals surface area contributed by atoms with Gasteiger partial charge in [0.1, 0.15) is 0 Å². The Morgan fingerprint density at radius 1 is 1.16 bits per heavy atom. The smallest absolute Gasteiger partial charge is 0.306 e. The molecule has 32 heavy (non-hydrogen) atoms. The van der Waals surface area contributed by atoms with E-state index in [1.807, 2.05) is 24.3 Å². The number of nitrogens with one attached hydrogen (secondary N) is 1. The summed E-state index contributed by atoms with van der Waals surface area (Å²) in [5.74, 6) is -2.22. The van der Waals surface area contributed by atoms with Crippen molar-refractivity contribution in [1.29, 1.82) is 0 Å². The second-order valence-corrected chi connectivity index (χ2v) is 8.09. The molecule has 2 aliphatic rings. The molecule has 9 nitrogen and oxygen atoms in total. The lowest BCUT2D eigenvalue weighted by Crippen LogP contribution is -2.44. The van der Waals surface area contributed by atoms with Crippen LogP contribution in [-0.2, 0) is 9.59 Å². The minimum Gasteiger partial charge on any atom is -0.367 e. The van der Waals surface area contributed by atoms with Crippen molar-refractivity contribution in [2.24, 2.45) is 5.92 Å². The van der Waals surface area contributed by atoms with Crippen molar-refractivity contribution in [3.05, 3.63) is 58.4 Å². The summed E-state index contributed by atoms with van der Waals surface area (Å²) >= 11 is 0. The lowest BCUT2D eigenvalue weighted by atomic mass is 10.1. The van der Waals surface area contributed by atoms with Gasteiger partial charge in [-0.25, -0.2) is 0 Å². The van der Waals surface area contributed by atoms with Gasteiger partial charge in [-0.3, -0.25) is 19.7 Å². The Morgan fingerprint density at radius 2 is 1.88 bits per heavy atom. The van der Waals surface area contributed by atoms with Crippen molar-refractivity contribution in [2.75, 3.05) is 54.9 Å². The molecule has 1 atom stereocenters. The molecule has 1 N–H and O–H groups in total. The molecule has 2 aromatic carbocycles. The van der Waals surface area contributed by atoms with Gasteiger partial charge in [0, 0.05) is 45.2 Å². The average Bonchev–Trinajstić information content (AvgIpc) is 3.17. The number of piperazine rings is 1. The first-order chi connectivity index (χ1) is 15.3. The number of hydrogen-bond acceptors (Lipinski definition) is 6. The third-order valence-corrected chi connectivity index (χ3v) is 5.94. The minimum atomic E-state index is -0.972. The van der Waals surface area contributed by atoms with Crippen molar-refractivity contribution >= 4 is 34.6 Å². The SMILES string of the molecule is CN1CCN(c2ccccc2NC(=O)C2CC(=O)N(c3ccc(F)c([N+](=O)[O-])c3)C2)CC1. The van der Waals surface area contributed by atoms with Crippen LogP contribution in [0.2, 0.25) is 0 Å². The van der Waals surface area contributed by atoms with E-state index in [4.69, 9.17) is 0 Å². The van der Waals surface area contributed by atoms with Crippen LogP contribution in [0.3, 0.4) is 0 Å². The molecular weight excluding hydrogens is 417 g/mol. The van der Waals surface area contributed by atoms with Crippen LogP contribution in [0.15, 0.2) is 42.5 Å². The number of likely N-dealkylation sites (N-methyl/N-ethyl adjacent to an activating group) is 1. The van der Waals surface area contributed by atoms with Gasteiger partial charge in [-0.05, 0) is 31.3 Å². The van der Waals surface area contributed by atoms with Crippen LogP contribution < -0.4 is 15.1 Å². The third-order valence-electron chi connectivity index (χ3n) is 5.94. The molecule has 0 radical (unpaired) electrons. The third kappa shape index (κ3) is 4.40. The maximum absolute atomic E-state index is 13.6. The first-order valence-electron chi connectivity index (χ1n) is 10.4. The normalized spacial score (nSPS) is 19.3. The van der Waals surface area contributed by atoms with Gasteiger partial charge in [0.05, 0.1) is 27.9 Å². The number of hydrogen-bond donors (Lipinski definition) is 1. The van der Waals surface area contributed by atoms with Gasteiger partial charge < -0.3 is 20.0 Å². The largest absolute Gasteiger partial charge is 0.367 e. The van der Waals surface area contributed by atoms with Crippen molar-refractivity contribution in [3.63, 3.8) is 0 Å². The molecule has 0 aliphatic carbocycles. The Labute approximate surface area is 184 Å². The molecule has 2 amide bonds. The number of rotatable bonds is 5. The highest BCUT2D eigenvalue weighted by atomic mass is 19.1. The molecular formula is C22H24FN5O4. The predicted molar refractivity (Wildman–Crippen MR) is 118 cm³/mol. The summed E-state index contributed by atoms with van der Waals surface area (Å²) in [6.45, 7) is 3.63. The molecule has 0 spiro atoms. The quantitative estimate of drug-likeness (QED) is 0.565. The first-order valence-corrected chi connectivity index (χ1v) is 10.4. The molecule has 1 unspecified atom stereocenters. The van der Waals surface area contributed by atoms with Crippen molar-refractivity contribution in [3.8, 4) is 0 Å². The fourth-order valence-electron chi connectivity index (χ4n) is 4.08. The van der Waals surface area contributed by atoms with E-state index in [2.05, 4.69) is 22.2 Å². The van der Waals surface area contributed by atoms with E-state index in [0.717, 1.165) is 44.0 Å². The molecule has 2 aromatic rings. The van der Waals surface area contributed by atoms with Gasteiger partial charge in [-0.1, -0.05) is 12.1 Å². The zero-order valence-electron chi connectivity index (χ0n) is 17.7. The second-order valence-electron chi connectivity index (χ2n) is 8.09. The summed E-state index contributed by atoms with van der Waals surface area (Å²) in [6, 6.07) is 10.9. The highest BCUT2D eigenvalue weighted by Crippen LogP contribution is 2.31. The summed E-state index contributed by atoms with van der Waals surface area (Å²) in [7, 11) is 2.07. The van der Waals surface area contributed by atoms with Crippen LogP contribution in [0.5, 0.6) is 0 Å². The van der Waals surface area contributed by atoms with E-state index >= 15 is 0 Å². The Balaban J connectivity index is 1.47. The number of nitrogens with zero attached hydrogens (tertiary/aromatic N) is 4. The highest BCUT2D eigenvalue weighted by Gasteiger charge is 2.36. The molecule has 0 aromatic heterocycles. The molecule has 2 aliphatic heterocycles. The van der Waals surface area contributed by atoms with E-state index in [1.165, 1.54) is 11.0 Å². The van der Waals surface area contributed by atoms with E-state index in [9.17, 15) is 24.1 Å². The molecule has 2 heterocycles. The number of para-hydroxylation sites is 2. The van der Waals surface area contributed by atoms with Gasteiger partial charge >= 0.3 is 5.69 Å². The number of carbonyl (C=O) groups is 2. The van der Waals surface area contributed by atoms with Gasteiger partial charge in [0.25, 0.3) is 0 Å². The summed E-state index contributed by atoms with van der Waals surface area (Å²) in [4.78, 5) is 41.4. The van der Waals surface area contributed by atoms with Gasteiger partial charge in [-0.15, -0.1) is 0 Å². The number of nitro benzene ring substituents is 1. The first kappa shape index (κ1) is 21.7. The van der Waals surface area contributed by atoms with Crippen LogP contribution in [0.4, 0.5) is 27.1 Å². The minimum absolute atomic E-state index is 0.0202. The Hall–Kier alpha value is -3.53. The average molecular weight is 441 g/mol. The van der Waals surface area contributed by atoms with E-state index in [1.54, 1.807) is 0 Å². The van der Waals surface area contributed by atoms with Gasteiger partial charge in [0.2, 0.25) is 17.6 Å². The lowest BCUT2D eigenvalue weighted by molar-refractivity contribution is -0.387. The number of benzene rings is 2. The van der Waals surface area contributed by atoms with E-state index in [0.29, 0.717) is 5.69 Å². The van der Waals surface area contributed by atoms with Crippen LogP contribution >= 0.6 is 0 Å². The molecule has 4 rings (SSSR count). The number of carbonyl (C=O) groups excluding carboxylic acids is 2. The Kier molecular flexibility index (Phi) is 6.04. The fourth-order valence-corrected chi connectivity index (χ4v) is 4.08. The second kappa shape index (κ2) is 8.91. The molecule has 0 saturated carbocycles. The molecule has 2 saturated heterocycles. The van der Waals surface area contributed by atoms with Crippen molar-refractivity contribution in [1.82, 2.24) is 4.90 Å². The fraction of sp³-hybridized carbons (Fsp3) is 0.364. The van der Waals surface area contributed by atoms with E-state index in [-0.39, 0.29) is 30.5 Å². The van der Waals surface area contributed by atoms with Crippen molar-refractivity contribution in [2.45, 2.75) is 6.42 Å². The maximum Gasteiger partial charge on any atom is 0.306 e. The number of amides is 2. The summed E-state index contributed by atoms with van der Waals surface area (Å²) in [6.07, 6.45) is -0.0202. The molecule has 10 heteroatoms. The standard InChI is InChI=1S/C22H24FN5O4/c1-25-8-10-26(11-9-25)19-5-3-2-4-18(19)24-22(30)15-12-21(29)27(14-15)16-6-7-17(23)20(13-16)28(31)32/h2-7,13,15H,8-12,14H2,1H3,(H,24,30). The van der Waals surface area contributed by atoms with Crippen LogP contribution in [0.1, 0.15) is 6.42 Å². The predicted octanol–water partition coefficient (Wildman–Crippen LogP) is 2.48. The van der Waals surface area contributed by atoms with Crippen LogP contribution in [0.25, 0.3) is 0 Å². The number of halogens is 1. The monoisotopic (exact) mass is 441 g/mol. The zero-order chi connectivity index (χ0) is 22.8. The van der Waals surface area contributed by atoms with Gasteiger partial charge in [0.15, 0.2) is 0 Å². The van der Waals surface area contributed by atoms with Crippen LogP contribution in [0, 0.1) is 21.8 Å².